The molecule has 2 bridgehead atoms. The van der Waals surface area contributed by atoms with Gasteiger partial charge in [0.25, 0.3) is 0 Å². The average molecular weight is 301 g/mol. The molecule has 22 heavy (non-hydrogen) atoms. The van der Waals surface area contributed by atoms with E-state index < -0.39 is 5.97 Å². The van der Waals surface area contributed by atoms with Gasteiger partial charge in [0.15, 0.2) is 0 Å². The molecule has 6 heteroatoms. The monoisotopic (exact) mass is 301 g/mol. The maximum Gasteiger partial charge on any atom is 0.371 e. The lowest BCUT2D eigenvalue weighted by atomic mass is 9.88. The Labute approximate surface area is 126 Å². The second-order valence-electron chi connectivity index (χ2n) is 5.87. The molecule has 2 aromatic rings. The molecule has 2 fully saturated rings. The Hall–Kier alpha value is -2.34. The van der Waals surface area contributed by atoms with E-state index in [-0.39, 0.29) is 29.8 Å². The number of nitrogens with one attached hydrogen (secondary N) is 1. The molecule has 1 aromatic carbocycles. The molecule has 0 saturated carbocycles. The molecule has 0 radical (unpaired) electrons. The van der Waals surface area contributed by atoms with Crippen LogP contribution in [0.2, 0.25) is 0 Å². The van der Waals surface area contributed by atoms with Gasteiger partial charge in [-0.1, -0.05) is 0 Å². The van der Waals surface area contributed by atoms with Gasteiger partial charge in [-0.05, 0) is 43.5 Å². The lowest BCUT2D eigenvalue weighted by Gasteiger charge is -2.17. The minimum atomic E-state index is -1.11. The molecular formula is C16H15NO5. The molecule has 3 heterocycles. The van der Waals surface area contributed by atoms with E-state index in [0.29, 0.717) is 16.7 Å². The molecule has 3 unspecified atom stereocenters. The molecule has 1 amide bonds. The fraction of sp³-hybridized carbons (Fsp3) is 0.375. The second kappa shape index (κ2) is 4.84. The Balaban J connectivity index is 1.54. The molecule has 0 spiro atoms. The van der Waals surface area contributed by atoms with Gasteiger partial charge in [-0.25, -0.2) is 4.79 Å². The first-order valence-electron chi connectivity index (χ1n) is 7.33. The largest absolute Gasteiger partial charge is 0.475 e. The average Bonchev–Trinajstić information content (AvgIpc) is 3.21. The minimum Gasteiger partial charge on any atom is -0.475 e. The van der Waals surface area contributed by atoms with Gasteiger partial charge in [0, 0.05) is 11.1 Å². The molecule has 0 aliphatic carbocycles. The second-order valence-corrected chi connectivity index (χ2v) is 5.87. The summed E-state index contributed by atoms with van der Waals surface area (Å²) in [5.41, 5.74) is 1.12. The molecule has 114 valence electrons. The van der Waals surface area contributed by atoms with Crippen molar-refractivity contribution in [1.82, 2.24) is 0 Å². The smallest absolute Gasteiger partial charge is 0.371 e. The Morgan fingerprint density at radius 2 is 2.09 bits per heavy atom. The summed E-state index contributed by atoms with van der Waals surface area (Å²) in [6, 6.07) is 6.54. The summed E-state index contributed by atoms with van der Waals surface area (Å²) in [6.45, 7) is 0. The maximum atomic E-state index is 12.3. The van der Waals surface area contributed by atoms with Crippen LogP contribution >= 0.6 is 0 Å². The predicted molar refractivity (Wildman–Crippen MR) is 77.8 cm³/mol. The number of fused-ring (bicyclic) bond motifs is 3. The van der Waals surface area contributed by atoms with Crippen molar-refractivity contribution < 1.29 is 23.8 Å². The molecule has 2 saturated heterocycles. The number of anilines is 1. The third-order valence-electron chi connectivity index (χ3n) is 4.44. The van der Waals surface area contributed by atoms with Gasteiger partial charge in [-0.3, -0.25) is 4.79 Å². The van der Waals surface area contributed by atoms with Crippen LogP contribution < -0.4 is 5.32 Å². The van der Waals surface area contributed by atoms with Gasteiger partial charge >= 0.3 is 5.97 Å². The number of carboxylic acid groups (broad SMARTS) is 1. The van der Waals surface area contributed by atoms with Gasteiger partial charge in [0.2, 0.25) is 11.7 Å². The standard InChI is InChI=1S/C16H15NO5/c18-15(11-7-10-2-4-13(11)21-10)17-9-1-3-12-8(5-9)6-14(22-12)16(19)20/h1,3,5-6,10-11,13H,2,4,7H2,(H,17,18)(H,19,20). The predicted octanol–water partition coefficient (Wildman–Crippen LogP) is 2.64. The first-order chi connectivity index (χ1) is 10.6. The third-order valence-corrected chi connectivity index (χ3v) is 4.44. The van der Waals surface area contributed by atoms with Crippen molar-refractivity contribution in [3.63, 3.8) is 0 Å². The highest BCUT2D eigenvalue weighted by atomic mass is 16.5. The normalized spacial score (nSPS) is 26.5. The molecule has 4 rings (SSSR count). The van der Waals surface area contributed by atoms with Crippen LogP contribution in [0.1, 0.15) is 29.8 Å². The summed E-state index contributed by atoms with van der Waals surface area (Å²) in [4.78, 5) is 23.2. The van der Waals surface area contributed by atoms with Crippen LogP contribution in [0.25, 0.3) is 11.0 Å². The topological polar surface area (TPSA) is 88.8 Å². The zero-order chi connectivity index (χ0) is 15.3. The lowest BCUT2D eigenvalue weighted by Crippen LogP contribution is -2.30. The fourth-order valence-corrected chi connectivity index (χ4v) is 3.38. The van der Waals surface area contributed by atoms with Crippen molar-refractivity contribution in [2.75, 3.05) is 5.32 Å². The van der Waals surface area contributed by atoms with Gasteiger partial charge < -0.3 is 19.6 Å². The van der Waals surface area contributed by atoms with Crippen molar-refractivity contribution in [3.05, 3.63) is 30.0 Å². The fourth-order valence-electron chi connectivity index (χ4n) is 3.38. The number of carbonyl (C=O) groups excluding carboxylic acids is 1. The van der Waals surface area contributed by atoms with E-state index in [1.165, 1.54) is 6.07 Å². The quantitative estimate of drug-likeness (QED) is 0.909. The highest BCUT2D eigenvalue weighted by Crippen LogP contribution is 2.39. The highest BCUT2D eigenvalue weighted by Gasteiger charge is 2.44. The number of ether oxygens (including phenoxy) is 1. The zero-order valence-electron chi connectivity index (χ0n) is 11.7. The first kappa shape index (κ1) is 13.3. The van der Waals surface area contributed by atoms with Crippen LogP contribution in [0.4, 0.5) is 5.69 Å². The van der Waals surface area contributed by atoms with Crippen LogP contribution in [0.15, 0.2) is 28.7 Å². The van der Waals surface area contributed by atoms with E-state index in [2.05, 4.69) is 5.32 Å². The molecule has 1 aromatic heterocycles. The summed E-state index contributed by atoms with van der Waals surface area (Å²) in [6.07, 6.45) is 3.06. The minimum absolute atomic E-state index is 0.0338. The Kier molecular flexibility index (Phi) is 2.94. The summed E-state index contributed by atoms with van der Waals surface area (Å²) < 4.78 is 10.9. The number of rotatable bonds is 3. The van der Waals surface area contributed by atoms with Crippen LogP contribution in [0.3, 0.4) is 0 Å². The Morgan fingerprint density at radius 3 is 2.77 bits per heavy atom. The van der Waals surface area contributed by atoms with Crippen molar-refractivity contribution in [2.45, 2.75) is 31.5 Å². The number of furan rings is 1. The molecule has 2 aliphatic heterocycles. The summed E-state index contributed by atoms with van der Waals surface area (Å²) in [5, 5.41) is 12.5. The zero-order valence-corrected chi connectivity index (χ0v) is 11.7. The number of benzene rings is 1. The maximum absolute atomic E-state index is 12.3. The third kappa shape index (κ3) is 2.16. The van der Waals surface area contributed by atoms with E-state index in [1.807, 2.05) is 0 Å². The molecule has 2 aliphatic rings. The van der Waals surface area contributed by atoms with Crippen LogP contribution in [-0.2, 0) is 9.53 Å². The molecule has 6 nitrogen and oxygen atoms in total. The first-order valence-corrected chi connectivity index (χ1v) is 7.33. The van der Waals surface area contributed by atoms with E-state index in [1.54, 1.807) is 18.2 Å². The molecule has 3 atom stereocenters. The number of aromatic carboxylic acids is 1. The van der Waals surface area contributed by atoms with Crippen LogP contribution in [-0.4, -0.2) is 29.2 Å². The number of hydrogen-bond donors (Lipinski definition) is 2. The van der Waals surface area contributed by atoms with Gasteiger partial charge in [-0.2, -0.15) is 0 Å². The summed E-state index contributed by atoms with van der Waals surface area (Å²) in [7, 11) is 0. The molecular weight excluding hydrogens is 286 g/mol. The Morgan fingerprint density at radius 1 is 1.23 bits per heavy atom. The van der Waals surface area contributed by atoms with E-state index in [9.17, 15) is 9.59 Å². The highest BCUT2D eigenvalue weighted by molar-refractivity contribution is 5.97. The number of amides is 1. The van der Waals surface area contributed by atoms with E-state index in [0.717, 1.165) is 19.3 Å². The number of carbonyl (C=O) groups is 2. The van der Waals surface area contributed by atoms with Gasteiger partial charge in [-0.15, -0.1) is 0 Å². The van der Waals surface area contributed by atoms with Crippen LogP contribution in [0, 0.1) is 5.92 Å². The molecule has 2 N–H and O–H groups in total. The van der Waals surface area contributed by atoms with Gasteiger partial charge in [0.05, 0.1) is 18.1 Å². The lowest BCUT2D eigenvalue weighted by molar-refractivity contribution is -0.121. The van der Waals surface area contributed by atoms with Crippen molar-refractivity contribution >= 4 is 28.5 Å². The van der Waals surface area contributed by atoms with Gasteiger partial charge in [0.1, 0.15) is 5.58 Å². The summed E-state index contributed by atoms with van der Waals surface area (Å²) >= 11 is 0. The van der Waals surface area contributed by atoms with Crippen molar-refractivity contribution in [3.8, 4) is 0 Å². The SMILES string of the molecule is O=C(O)c1cc2cc(NC(=O)C3CC4CCC3O4)ccc2o1. The summed E-state index contributed by atoms with van der Waals surface area (Å²) in [5.74, 6) is -1.34. The number of carboxylic acids is 1. The Bertz CT molecular complexity index is 765. The van der Waals surface area contributed by atoms with E-state index in [4.69, 9.17) is 14.3 Å². The van der Waals surface area contributed by atoms with Crippen LogP contribution in [0.5, 0.6) is 0 Å². The van der Waals surface area contributed by atoms with E-state index >= 15 is 0 Å². The number of hydrogen-bond acceptors (Lipinski definition) is 4. The van der Waals surface area contributed by atoms with Crippen molar-refractivity contribution in [1.29, 1.82) is 0 Å². The van der Waals surface area contributed by atoms with Crippen molar-refractivity contribution in [2.24, 2.45) is 5.92 Å².